The SMILES string of the molecule is CN(CCc1ccccn1)C(=O)CCn1ncc(=O)c2ccccc21. The minimum absolute atomic E-state index is 0.0421. The maximum atomic E-state index is 12.3. The summed E-state index contributed by atoms with van der Waals surface area (Å²) in [6.45, 7) is 1.06. The number of fused-ring (bicyclic) bond motifs is 1. The third-order valence-electron chi connectivity index (χ3n) is 4.15. The third kappa shape index (κ3) is 4.09. The van der Waals surface area contributed by atoms with Gasteiger partial charge < -0.3 is 4.90 Å². The normalized spacial score (nSPS) is 10.8. The monoisotopic (exact) mass is 336 g/mol. The Bertz CT molecular complexity index is 921. The first-order valence-electron chi connectivity index (χ1n) is 8.24. The van der Waals surface area contributed by atoms with E-state index < -0.39 is 0 Å². The largest absolute Gasteiger partial charge is 0.345 e. The number of para-hydroxylation sites is 1. The van der Waals surface area contributed by atoms with Gasteiger partial charge in [-0.1, -0.05) is 18.2 Å². The molecule has 2 aromatic heterocycles. The van der Waals surface area contributed by atoms with Gasteiger partial charge in [-0.3, -0.25) is 19.3 Å². The van der Waals surface area contributed by atoms with Crippen molar-refractivity contribution in [3.05, 3.63) is 70.8 Å². The number of pyridine rings is 1. The average molecular weight is 336 g/mol. The van der Waals surface area contributed by atoms with Crippen molar-refractivity contribution in [2.45, 2.75) is 19.4 Å². The Balaban J connectivity index is 1.60. The van der Waals surface area contributed by atoms with Crippen molar-refractivity contribution in [1.29, 1.82) is 0 Å². The number of nitrogens with zero attached hydrogens (tertiary/aromatic N) is 4. The molecular formula is C19H20N4O2. The number of carbonyl (C=O) groups excluding carboxylic acids is 1. The van der Waals surface area contributed by atoms with Crippen molar-refractivity contribution in [3.8, 4) is 0 Å². The van der Waals surface area contributed by atoms with Crippen LogP contribution in [0.1, 0.15) is 12.1 Å². The molecule has 0 fully saturated rings. The lowest BCUT2D eigenvalue weighted by Crippen LogP contribution is -2.30. The lowest BCUT2D eigenvalue weighted by Gasteiger charge is -2.17. The predicted octanol–water partition coefficient (Wildman–Crippen LogP) is 1.88. The zero-order valence-corrected chi connectivity index (χ0v) is 14.1. The third-order valence-corrected chi connectivity index (χ3v) is 4.15. The van der Waals surface area contributed by atoms with Gasteiger partial charge in [0, 0.05) is 43.7 Å². The van der Waals surface area contributed by atoms with Gasteiger partial charge >= 0.3 is 0 Å². The molecule has 25 heavy (non-hydrogen) atoms. The first kappa shape index (κ1) is 16.8. The van der Waals surface area contributed by atoms with E-state index in [0.29, 0.717) is 24.9 Å². The van der Waals surface area contributed by atoms with Gasteiger partial charge in [-0.15, -0.1) is 0 Å². The highest BCUT2D eigenvalue weighted by atomic mass is 16.2. The number of aryl methyl sites for hydroxylation is 1. The van der Waals surface area contributed by atoms with Crippen LogP contribution in [0.3, 0.4) is 0 Å². The zero-order valence-electron chi connectivity index (χ0n) is 14.1. The van der Waals surface area contributed by atoms with Crippen molar-refractivity contribution in [2.24, 2.45) is 0 Å². The van der Waals surface area contributed by atoms with Crippen LogP contribution in [-0.2, 0) is 17.8 Å². The highest BCUT2D eigenvalue weighted by Crippen LogP contribution is 2.09. The highest BCUT2D eigenvalue weighted by molar-refractivity contribution is 5.79. The number of hydrogen-bond donors (Lipinski definition) is 0. The molecule has 0 aliphatic rings. The van der Waals surface area contributed by atoms with Crippen molar-refractivity contribution < 1.29 is 4.79 Å². The molecule has 1 aromatic carbocycles. The maximum absolute atomic E-state index is 12.3. The molecule has 0 aliphatic heterocycles. The zero-order chi connectivity index (χ0) is 17.6. The number of benzene rings is 1. The summed E-state index contributed by atoms with van der Waals surface area (Å²) in [6.07, 6.45) is 4.11. The van der Waals surface area contributed by atoms with E-state index in [1.54, 1.807) is 28.9 Å². The van der Waals surface area contributed by atoms with E-state index in [1.807, 2.05) is 36.4 Å². The van der Waals surface area contributed by atoms with E-state index in [-0.39, 0.29) is 11.3 Å². The standard InChI is InChI=1S/C19H20N4O2/c1-22(12-9-15-6-4-5-11-20-15)19(25)10-13-23-17-8-3-2-7-16(17)18(24)14-21-23/h2-8,11,14H,9-10,12-13H2,1H3. The molecule has 0 unspecified atom stereocenters. The Hall–Kier alpha value is -3.02. The highest BCUT2D eigenvalue weighted by Gasteiger charge is 2.11. The fourth-order valence-electron chi connectivity index (χ4n) is 2.68. The van der Waals surface area contributed by atoms with E-state index >= 15 is 0 Å². The topological polar surface area (TPSA) is 68.1 Å². The van der Waals surface area contributed by atoms with E-state index in [1.165, 1.54) is 6.20 Å². The summed E-state index contributed by atoms with van der Waals surface area (Å²) in [7, 11) is 1.79. The second-order valence-corrected chi connectivity index (χ2v) is 5.89. The Kier molecular flexibility index (Phi) is 5.18. The van der Waals surface area contributed by atoms with Crippen LogP contribution in [-0.4, -0.2) is 39.2 Å². The van der Waals surface area contributed by atoms with Gasteiger partial charge in [0.15, 0.2) is 0 Å². The first-order valence-corrected chi connectivity index (χ1v) is 8.24. The Morgan fingerprint density at radius 2 is 1.96 bits per heavy atom. The maximum Gasteiger partial charge on any atom is 0.224 e. The minimum Gasteiger partial charge on any atom is -0.345 e. The summed E-state index contributed by atoms with van der Waals surface area (Å²) in [5, 5.41) is 4.77. The molecule has 0 saturated heterocycles. The van der Waals surface area contributed by atoms with Crippen LogP contribution >= 0.6 is 0 Å². The second kappa shape index (κ2) is 7.70. The van der Waals surface area contributed by atoms with Gasteiger partial charge in [0.1, 0.15) is 0 Å². The molecule has 0 bridgehead atoms. The summed E-state index contributed by atoms with van der Waals surface area (Å²) in [5.74, 6) is 0.0421. The molecule has 0 radical (unpaired) electrons. The summed E-state index contributed by atoms with van der Waals surface area (Å²) >= 11 is 0. The van der Waals surface area contributed by atoms with Crippen LogP contribution < -0.4 is 5.43 Å². The fraction of sp³-hybridized carbons (Fsp3) is 0.263. The van der Waals surface area contributed by atoms with E-state index in [9.17, 15) is 9.59 Å². The van der Waals surface area contributed by atoms with E-state index in [4.69, 9.17) is 0 Å². The van der Waals surface area contributed by atoms with Crippen LogP contribution in [0, 0.1) is 0 Å². The smallest absolute Gasteiger partial charge is 0.224 e. The lowest BCUT2D eigenvalue weighted by molar-refractivity contribution is -0.130. The lowest BCUT2D eigenvalue weighted by atomic mass is 10.2. The number of amides is 1. The summed E-state index contributed by atoms with van der Waals surface area (Å²) in [5.41, 5.74) is 1.61. The molecule has 0 spiro atoms. The van der Waals surface area contributed by atoms with E-state index in [0.717, 1.165) is 17.6 Å². The van der Waals surface area contributed by atoms with Crippen LogP contribution in [0.5, 0.6) is 0 Å². The second-order valence-electron chi connectivity index (χ2n) is 5.89. The van der Waals surface area contributed by atoms with Gasteiger partial charge in [0.25, 0.3) is 0 Å². The first-order chi connectivity index (χ1) is 12.1. The molecule has 1 amide bonds. The molecule has 128 valence electrons. The van der Waals surface area contributed by atoms with Crippen LogP contribution in [0.25, 0.3) is 10.9 Å². The van der Waals surface area contributed by atoms with Crippen LogP contribution in [0.4, 0.5) is 0 Å². The fourth-order valence-corrected chi connectivity index (χ4v) is 2.68. The Morgan fingerprint density at radius 3 is 2.76 bits per heavy atom. The molecule has 3 rings (SSSR count). The van der Waals surface area contributed by atoms with Gasteiger partial charge in [0.05, 0.1) is 18.3 Å². The molecule has 0 N–H and O–H groups in total. The minimum atomic E-state index is -0.106. The quantitative estimate of drug-likeness (QED) is 0.689. The predicted molar refractivity (Wildman–Crippen MR) is 96.2 cm³/mol. The van der Waals surface area contributed by atoms with Gasteiger partial charge in [-0.2, -0.15) is 5.10 Å². The van der Waals surface area contributed by atoms with Crippen LogP contribution in [0.2, 0.25) is 0 Å². The summed E-state index contributed by atoms with van der Waals surface area (Å²) in [6, 6.07) is 13.1. The number of aromatic nitrogens is 3. The molecule has 0 atom stereocenters. The van der Waals surface area contributed by atoms with Gasteiger partial charge in [0.2, 0.25) is 11.3 Å². The molecule has 3 aromatic rings. The van der Waals surface area contributed by atoms with E-state index in [2.05, 4.69) is 10.1 Å². The Labute approximate surface area is 145 Å². The summed E-state index contributed by atoms with van der Waals surface area (Å²) in [4.78, 5) is 30.2. The molecular weight excluding hydrogens is 316 g/mol. The molecule has 6 nitrogen and oxygen atoms in total. The van der Waals surface area contributed by atoms with Crippen LogP contribution in [0.15, 0.2) is 59.7 Å². The Morgan fingerprint density at radius 1 is 1.16 bits per heavy atom. The number of hydrogen-bond acceptors (Lipinski definition) is 4. The number of likely N-dealkylation sites (N-methyl/N-ethyl adjacent to an activating group) is 1. The number of carbonyl (C=O) groups is 1. The van der Waals surface area contributed by atoms with Crippen molar-refractivity contribution >= 4 is 16.8 Å². The van der Waals surface area contributed by atoms with Crippen molar-refractivity contribution in [3.63, 3.8) is 0 Å². The molecule has 0 saturated carbocycles. The van der Waals surface area contributed by atoms with Crippen molar-refractivity contribution in [1.82, 2.24) is 19.7 Å². The van der Waals surface area contributed by atoms with Gasteiger partial charge in [-0.25, -0.2) is 0 Å². The summed E-state index contributed by atoms with van der Waals surface area (Å²) < 4.78 is 1.71. The molecule has 2 heterocycles. The number of rotatable bonds is 6. The molecule has 6 heteroatoms. The van der Waals surface area contributed by atoms with Crippen molar-refractivity contribution in [2.75, 3.05) is 13.6 Å². The molecule has 0 aliphatic carbocycles. The average Bonchev–Trinajstić information content (AvgIpc) is 2.66. The van der Waals surface area contributed by atoms with Gasteiger partial charge in [-0.05, 0) is 24.3 Å².